The Balaban J connectivity index is 1.60. The lowest BCUT2D eigenvalue weighted by atomic mass is 9.82. The number of nitrogen functional groups attached to an aromatic ring is 1. The quantitative estimate of drug-likeness (QED) is 0.207. The molecule has 1 atom stereocenters. The summed E-state index contributed by atoms with van der Waals surface area (Å²) in [5.74, 6) is -0.366. The van der Waals surface area contributed by atoms with Gasteiger partial charge in [0.1, 0.15) is 6.61 Å². The number of nitrogens with two attached hydrogens (primary N) is 1. The second kappa shape index (κ2) is 12.6. The number of aromatic nitrogens is 1. The van der Waals surface area contributed by atoms with Gasteiger partial charge in [-0.25, -0.2) is 4.79 Å². The molecule has 5 rings (SSSR count). The second-order valence-corrected chi connectivity index (χ2v) is 10.9. The molecule has 3 aromatic rings. The van der Waals surface area contributed by atoms with Gasteiger partial charge in [0.25, 0.3) is 0 Å². The minimum absolute atomic E-state index is 0.238. The van der Waals surface area contributed by atoms with E-state index in [1.165, 1.54) is 27.8 Å². The van der Waals surface area contributed by atoms with E-state index in [2.05, 4.69) is 92.0 Å². The van der Waals surface area contributed by atoms with E-state index in [1.807, 2.05) is 6.07 Å². The summed E-state index contributed by atoms with van der Waals surface area (Å²) in [6.45, 7) is 10.8. The topological polar surface area (TPSA) is 89.3 Å². The summed E-state index contributed by atoms with van der Waals surface area (Å²) in [6, 6.07) is 12.9. The third kappa shape index (κ3) is 5.98. The van der Waals surface area contributed by atoms with E-state index >= 15 is 0 Å². The molecule has 1 aromatic heterocycles. The van der Waals surface area contributed by atoms with Crippen molar-refractivity contribution in [1.82, 2.24) is 15.6 Å². The van der Waals surface area contributed by atoms with Crippen molar-refractivity contribution in [2.75, 3.05) is 25.4 Å². The third-order valence-electron chi connectivity index (χ3n) is 8.01. The number of pyridine rings is 1. The van der Waals surface area contributed by atoms with Crippen LogP contribution < -0.4 is 16.4 Å². The van der Waals surface area contributed by atoms with Crippen molar-refractivity contribution in [2.24, 2.45) is 0 Å². The summed E-state index contributed by atoms with van der Waals surface area (Å²) in [6.07, 6.45) is 12.5. The summed E-state index contributed by atoms with van der Waals surface area (Å²) in [4.78, 5) is 17.3. The molecule has 1 saturated heterocycles. The van der Waals surface area contributed by atoms with Crippen molar-refractivity contribution in [2.45, 2.75) is 53.0 Å². The molecule has 212 valence electrons. The number of carbonyl (C=O) groups excluding carboxylic acids is 1. The average Bonchev–Trinajstić information content (AvgIpc) is 2.95. The predicted molar refractivity (Wildman–Crippen MR) is 169 cm³/mol. The largest absolute Gasteiger partial charge is 0.460 e. The van der Waals surface area contributed by atoms with Crippen molar-refractivity contribution in [3.63, 3.8) is 0 Å². The highest BCUT2D eigenvalue weighted by molar-refractivity contribution is 6.08. The number of allylic oxidation sites excluding steroid dienone is 3. The van der Waals surface area contributed by atoms with Gasteiger partial charge in [0.15, 0.2) is 0 Å². The summed E-state index contributed by atoms with van der Waals surface area (Å²) in [5, 5.41) is 6.73. The molecule has 2 aliphatic heterocycles. The predicted octanol–water partition coefficient (Wildman–Crippen LogP) is 6.56. The normalized spacial score (nSPS) is 16.8. The fraction of sp³-hybridized carbons (Fsp3) is 0.314. The van der Waals surface area contributed by atoms with Crippen LogP contribution in [0, 0.1) is 6.92 Å². The van der Waals surface area contributed by atoms with Gasteiger partial charge in [-0.3, -0.25) is 4.98 Å². The first-order chi connectivity index (χ1) is 19.9. The lowest BCUT2D eigenvalue weighted by molar-refractivity contribution is 0.0428. The van der Waals surface area contributed by atoms with Gasteiger partial charge in [-0.2, -0.15) is 0 Å². The minimum Gasteiger partial charge on any atom is -0.460 e. The molecule has 6 heteroatoms. The zero-order chi connectivity index (χ0) is 28.9. The van der Waals surface area contributed by atoms with Crippen LogP contribution in [-0.2, 0) is 11.2 Å². The molecule has 0 radical (unpaired) electrons. The van der Waals surface area contributed by atoms with Gasteiger partial charge in [0.05, 0.1) is 5.56 Å². The number of hydrogen-bond acceptors (Lipinski definition) is 6. The van der Waals surface area contributed by atoms with Gasteiger partial charge in [-0.15, -0.1) is 0 Å². The molecule has 6 nitrogen and oxygen atoms in total. The molecule has 1 unspecified atom stereocenters. The van der Waals surface area contributed by atoms with E-state index in [-0.39, 0.29) is 12.0 Å². The van der Waals surface area contributed by atoms with E-state index in [1.54, 1.807) is 12.4 Å². The zero-order valence-corrected chi connectivity index (χ0v) is 24.5. The minimum atomic E-state index is -0.366. The van der Waals surface area contributed by atoms with Crippen molar-refractivity contribution < 1.29 is 9.53 Å². The van der Waals surface area contributed by atoms with E-state index in [0.29, 0.717) is 17.9 Å². The van der Waals surface area contributed by atoms with Crippen LogP contribution in [0.15, 0.2) is 66.6 Å². The van der Waals surface area contributed by atoms with Gasteiger partial charge in [0, 0.05) is 53.6 Å². The summed E-state index contributed by atoms with van der Waals surface area (Å²) < 4.78 is 5.56. The Morgan fingerprint density at radius 1 is 1.12 bits per heavy atom. The number of anilines is 1. The Morgan fingerprint density at radius 3 is 2.68 bits per heavy atom. The lowest BCUT2D eigenvalue weighted by Crippen LogP contribution is -2.46. The van der Waals surface area contributed by atoms with Crippen LogP contribution >= 0.6 is 0 Å². The number of hydrogen-bond donors (Lipinski definition) is 3. The van der Waals surface area contributed by atoms with Gasteiger partial charge >= 0.3 is 5.97 Å². The Morgan fingerprint density at radius 2 is 1.95 bits per heavy atom. The van der Waals surface area contributed by atoms with E-state index < -0.39 is 0 Å². The molecular formula is C35H40N4O2. The van der Waals surface area contributed by atoms with E-state index in [4.69, 9.17) is 10.5 Å². The van der Waals surface area contributed by atoms with E-state index in [9.17, 15) is 4.79 Å². The van der Waals surface area contributed by atoms with Crippen molar-refractivity contribution in [1.29, 1.82) is 0 Å². The van der Waals surface area contributed by atoms with Crippen LogP contribution in [0.1, 0.15) is 71.8 Å². The maximum absolute atomic E-state index is 12.9. The number of esters is 1. The Labute approximate surface area is 243 Å². The van der Waals surface area contributed by atoms with Crippen LogP contribution in [0.2, 0.25) is 0 Å². The smallest absolute Gasteiger partial charge is 0.339 e. The fourth-order valence-electron chi connectivity index (χ4n) is 5.65. The molecule has 0 amide bonds. The van der Waals surface area contributed by atoms with Crippen molar-refractivity contribution >= 4 is 28.9 Å². The standard InChI is InChI=1S/C35H40N4O2/c1-5-7-10-29-31(25-14-26(19-38-18-25)35(40)41-21-27-12-13-39-27)15-24(16-33(29)36)32-20-37-17-23(4)34(32)30-11-8-9-22(3)28(30)6-2/h7-11,14-16,18-20,27,37,39H,5-6,12-13,17,21,36H2,1-4H3/b10-7+. The summed E-state index contributed by atoms with van der Waals surface area (Å²) in [5.41, 5.74) is 19.1. The number of carbonyl (C=O) groups is 1. The first kappa shape index (κ1) is 28.4. The highest BCUT2D eigenvalue weighted by Gasteiger charge is 2.23. The van der Waals surface area contributed by atoms with Crippen LogP contribution in [-0.4, -0.2) is 36.7 Å². The first-order valence-electron chi connectivity index (χ1n) is 14.6. The second-order valence-electron chi connectivity index (χ2n) is 10.9. The lowest BCUT2D eigenvalue weighted by Gasteiger charge is -2.26. The molecule has 3 heterocycles. The summed E-state index contributed by atoms with van der Waals surface area (Å²) in [7, 11) is 0. The van der Waals surface area contributed by atoms with Crippen molar-refractivity contribution in [3.05, 3.63) is 100 Å². The Kier molecular flexibility index (Phi) is 8.70. The maximum Gasteiger partial charge on any atom is 0.339 e. The number of aryl methyl sites for hydroxylation is 1. The third-order valence-corrected chi connectivity index (χ3v) is 8.01. The van der Waals surface area contributed by atoms with Gasteiger partial charge in [-0.05, 0) is 96.8 Å². The highest BCUT2D eigenvalue weighted by Crippen LogP contribution is 2.41. The maximum atomic E-state index is 12.9. The molecule has 0 bridgehead atoms. The molecule has 2 aromatic carbocycles. The molecular weight excluding hydrogens is 508 g/mol. The van der Waals surface area contributed by atoms with Gasteiger partial charge < -0.3 is 21.1 Å². The molecule has 0 aliphatic carbocycles. The fourth-order valence-corrected chi connectivity index (χ4v) is 5.65. The molecule has 2 aliphatic rings. The van der Waals surface area contributed by atoms with Crippen molar-refractivity contribution in [3.8, 4) is 11.1 Å². The van der Waals surface area contributed by atoms with Crippen LogP contribution in [0.5, 0.6) is 0 Å². The number of ether oxygens (including phenoxy) is 1. The highest BCUT2D eigenvalue weighted by atomic mass is 16.5. The van der Waals surface area contributed by atoms with Gasteiger partial charge in [0.2, 0.25) is 0 Å². The Hall–Kier alpha value is -4.16. The molecule has 41 heavy (non-hydrogen) atoms. The first-order valence-corrected chi connectivity index (χ1v) is 14.6. The number of nitrogens with one attached hydrogen (secondary N) is 2. The van der Waals surface area contributed by atoms with Crippen LogP contribution in [0.4, 0.5) is 5.69 Å². The van der Waals surface area contributed by atoms with Crippen LogP contribution in [0.25, 0.3) is 28.3 Å². The number of nitrogens with zero attached hydrogens (tertiary/aromatic N) is 1. The molecule has 4 N–H and O–H groups in total. The monoisotopic (exact) mass is 548 g/mol. The number of dihydropyridines is 1. The Bertz CT molecular complexity index is 1550. The number of rotatable bonds is 9. The van der Waals surface area contributed by atoms with E-state index in [0.717, 1.165) is 60.2 Å². The summed E-state index contributed by atoms with van der Waals surface area (Å²) >= 11 is 0. The van der Waals surface area contributed by atoms with Crippen LogP contribution in [0.3, 0.4) is 0 Å². The number of benzene rings is 2. The average molecular weight is 549 g/mol. The van der Waals surface area contributed by atoms with Gasteiger partial charge in [-0.1, -0.05) is 44.2 Å². The SMILES string of the molecule is CC/C=C/c1c(N)cc(C2=CNCC(C)=C2c2cccc(C)c2CC)cc1-c1cncc(C(=O)OCC2CCN2)c1. The molecule has 0 saturated carbocycles. The zero-order valence-electron chi connectivity index (χ0n) is 24.5. The molecule has 1 fully saturated rings. The molecule has 0 spiro atoms.